The molecule has 0 spiro atoms. The normalized spacial score (nSPS) is 10.8. The number of carboxylic acids is 1. The quantitative estimate of drug-likeness (QED) is 0.863. The Bertz CT molecular complexity index is 657. The summed E-state index contributed by atoms with van der Waals surface area (Å²) in [5.74, 6) is -3.01. The second-order valence-corrected chi connectivity index (χ2v) is 4.43. The maximum absolute atomic E-state index is 14.0. The lowest BCUT2D eigenvalue weighted by molar-refractivity contribution is 0.0689. The minimum absolute atomic E-state index is 0.0120. The first-order valence-corrected chi connectivity index (χ1v) is 5.62. The van der Waals surface area contributed by atoms with Crippen LogP contribution in [0.1, 0.15) is 16.1 Å². The second-order valence-electron chi connectivity index (χ2n) is 4.02. The van der Waals surface area contributed by atoms with Crippen LogP contribution in [-0.4, -0.2) is 20.9 Å². The average molecular weight is 287 g/mol. The Hall–Kier alpha value is -1.95. The first-order valence-electron chi connectivity index (χ1n) is 5.24. The molecule has 0 amide bonds. The predicted octanol–water partition coefficient (Wildman–Crippen LogP) is 3.03. The van der Waals surface area contributed by atoms with Crippen molar-refractivity contribution in [3.05, 3.63) is 40.0 Å². The van der Waals surface area contributed by atoms with Crippen LogP contribution in [0.2, 0.25) is 5.02 Å². The van der Waals surface area contributed by atoms with E-state index in [1.54, 1.807) is 0 Å². The molecule has 2 rings (SSSR count). The van der Waals surface area contributed by atoms with E-state index in [1.807, 2.05) is 0 Å². The molecule has 0 aliphatic heterocycles. The Morgan fingerprint density at radius 2 is 2.00 bits per heavy atom. The van der Waals surface area contributed by atoms with Crippen molar-refractivity contribution in [1.29, 1.82) is 0 Å². The third kappa shape index (κ3) is 2.19. The van der Waals surface area contributed by atoms with Crippen LogP contribution in [0, 0.1) is 18.6 Å². The number of carboxylic acid groups (broad SMARTS) is 1. The fraction of sp³-hybridized carbons (Fsp3) is 0.167. The molecular weight excluding hydrogens is 278 g/mol. The summed E-state index contributed by atoms with van der Waals surface area (Å²) in [6.07, 6.45) is 0. The van der Waals surface area contributed by atoms with E-state index in [-0.39, 0.29) is 27.5 Å². The molecule has 0 aliphatic carbocycles. The monoisotopic (exact) mass is 286 g/mol. The lowest BCUT2D eigenvalue weighted by Gasteiger charge is -2.09. The highest BCUT2D eigenvalue weighted by atomic mass is 35.5. The summed E-state index contributed by atoms with van der Waals surface area (Å²) in [4.78, 5) is 10.8. The van der Waals surface area contributed by atoms with Crippen LogP contribution in [0.3, 0.4) is 0 Å². The summed E-state index contributed by atoms with van der Waals surface area (Å²) >= 11 is 5.68. The van der Waals surface area contributed by atoms with Gasteiger partial charge in [-0.15, -0.1) is 0 Å². The molecular formula is C12H9ClF2N2O2. The van der Waals surface area contributed by atoms with Crippen molar-refractivity contribution in [2.24, 2.45) is 7.05 Å². The van der Waals surface area contributed by atoms with Gasteiger partial charge < -0.3 is 5.11 Å². The molecule has 0 radical (unpaired) electrons. The number of aromatic nitrogens is 2. The standard InChI is InChI=1S/C12H9ClF2N2O2/c1-5-3-6(13)11(15)9(10(5)14)8-4-7(12(18)19)16-17(8)2/h3-4H,1-2H3,(H,18,19). The van der Waals surface area contributed by atoms with E-state index in [0.717, 1.165) is 10.7 Å². The third-order valence-corrected chi connectivity index (χ3v) is 2.97. The SMILES string of the molecule is Cc1cc(Cl)c(F)c(-c2cc(C(=O)O)nn2C)c1F. The molecule has 0 atom stereocenters. The number of benzene rings is 1. The minimum atomic E-state index is -1.28. The van der Waals surface area contributed by atoms with Crippen LogP contribution < -0.4 is 0 Å². The highest BCUT2D eigenvalue weighted by Gasteiger charge is 2.22. The molecule has 100 valence electrons. The van der Waals surface area contributed by atoms with Crippen molar-refractivity contribution in [1.82, 2.24) is 9.78 Å². The lowest BCUT2D eigenvalue weighted by Crippen LogP contribution is -2.01. The Morgan fingerprint density at radius 1 is 1.37 bits per heavy atom. The zero-order valence-corrected chi connectivity index (χ0v) is 10.8. The van der Waals surface area contributed by atoms with Gasteiger partial charge in [0.1, 0.15) is 5.82 Å². The van der Waals surface area contributed by atoms with Crippen molar-refractivity contribution in [2.75, 3.05) is 0 Å². The highest BCUT2D eigenvalue weighted by molar-refractivity contribution is 6.31. The van der Waals surface area contributed by atoms with Crippen LogP contribution in [0.25, 0.3) is 11.3 Å². The fourth-order valence-electron chi connectivity index (χ4n) is 1.76. The first kappa shape index (κ1) is 13.5. The number of halogens is 3. The molecule has 1 heterocycles. The van der Waals surface area contributed by atoms with Gasteiger partial charge in [-0.05, 0) is 24.6 Å². The van der Waals surface area contributed by atoms with Gasteiger partial charge in [-0.1, -0.05) is 11.6 Å². The Labute approximate surface area is 112 Å². The molecule has 4 nitrogen and oxygen atoms in total. The molecule has 1 aromatic heterocycles. The second kappa shape index (κ2) is 4.62. The molecule has 0 aliphatic rings. The molecule has 0 saturated carbocycles. The number of nitrogens with zero attached hydrogens (tertiary/aromatic N) is 2. The Balaban J connectivity index is 2.75. The summed E-state index contributed by atoms with van der Waals surface area (Å²) < 4.78 is 29.1. The van der Waals surface area contributed by atoms with E-state index in [9.17, 15) is 13.6 Å². The average Bonchev–Trinajstić information content (AvgIpc) is 2.70. The van der Waals surface area contributed by atoms with Gasteiger partial charge in [0.15, 0.2) is 11.5 Å². The van der Waals surface area contributed by atoms with Crippen molar-refractivity contribution in [3.8, 4) is 11.3 Å². The zero-order valence-electron chi connectivity index (χ0n) is 10.0. The van der Waals surface area contributed by atoms with Crippen LogP contribution in [0.15, 0.2) is 12.1 Å². The van der Waals surface area contributed by atoms with Crippen molar-refractivity contribution in [2.45, 2.75) is 6.92 Å². The summed E-state index contributed by atoms with van der Waals surface area (Å²) in [5.41, 5.74) is -0.501. The van der Waals surface area contributed by atoms with Crippen LogP contribution >= 0.6 is 11.6 Å². The van der Waals surface area contributed by atoms with Gasteiger partial charge in [0.05, 0.1) is 16.3 Å². The van der Waals surface area contributed by atoms with E-state index < -0.39 is 17.6 Å². The molecule has 0 bridgehead atoms. The van der Waals surface area contributed by atoms with Crippen molar-refractivity contribution in [3.63, 3.8) is 0 Å². The van der Waals surface area contributed by atoms with E-state index in [1.165, 1.54) is 20.0 Å². The maximum Gasteiger partial charge on any atom is 0.356 e. The first-order chi connectivity index (χ1) is 8.82. The van der Waals surface area contributed by atoms with Gasteiger partial charge >= 0.3 is 5.97 Å². The Kier molecular flexibility index (Phi) is 3.28. The van der Waals surface area contributed by atoms with E-state index >= 15 is 0 Å². The summed E-state index contributed by atoms with van der Waals surface area (Å²) in [5, 5.41) is 12.3. The van der Waals surface area contributed by atoms with Crippen molar-refractivity contribution < 1.29 is 18.7 Å². The van der Waals surface area contributed by atoms with E-state index in [2.05, 4.69) is 5.10 Å². The number of hydrogen-bond donors (Lipinski definition) is 1. The van der Waals surface area contributed by atoms with Gasteiger partial charge in [0, 0.05) is 7.05 Å². The van der Waals surface area contributed by atoms with Gasteiger partial charge in [-0.3, -0.25) is 4.68 Å². The number of rotatable bonds is 2. The van der Waals surface area contributed by atoms with Crippen LogP contribution in [0.4, 0.5) is 8.78 Å². The van der Waals surface area contributed by atoms with Crippen LogP contribution in [-0.2, 0) is 7.05 Å². The smallest absolute Gasteiger partial charge is 0.356 e. The molecule has 1 aromatic carbocycles. The fourth-order valence-corrected chi connectivity index (χ4v) is 2.02. The summed E-state index contributed by atoms with van der Waals surface area (Å²) in [6.45, 7) is 1.44. The largest absolute Gasteiger partial charge is 0.476 e. The maximum atomic E-state index is 14.0. The number of carbonyl (C=O) groups is 1. The number of hydrogen-bond acceptors (Lipinski definition) is 2. The molecule has 0 saturated heterocycles. The third-order valence-electron chi connectivity index (χ3n) is 2.69. The summed E-state index contributed by atoms with van der Waals surface area (Å²) in [6, 6.07) is 2.27. The van der Waals surface area contributed by atoms with Gasteiger partial charge in [0.25, 0.3) is 0 Å². The molecule has 0 unspecified atom stereocenters. The molecule has 0 fully saturated rings. The van der Waals surface area contributed by atoms with E-state index in [0.29, 0.717) is 0 Å². The molecule has 7 heteroatoms. The predicted molar refractivity (Wildman–Crippen MR) is 65.3 cm³/mol. The van der Waals surface area contributed by atoms with E-state index in [4.69, 9.17) is 16.7 Å². The van der Waals surface area contributed by atoms with Crippen LogP contribution in [0.5, 0.6) is 0 Å². The highest BCUT2D eigenvalue weighted by Crippen LogP contribution is 2.32. The van der Waals surface area contributed by atoms with Gasteiger partial charge in [-0.2, -0.15) is 5.10 Å². The molecule has 2 aromatic rings. The number of aromatic carboxylic acids is 1. The molecule has 19 heavy (non-hydrogen) atoms. The number of aryl methyl sites for hydroxylation is 2. The zero-order chi connectivity index (χ0) is 14.3. The Morgan fingerprint density at radius 3 is 2.53 bits per heavy atom. The minimum Gasteiger partial charge on any atom is -0.476 e. The van der Waals surface area contributed by atoms with Gasteiger partial charge in [-0.25, -0.2) is 13.6 Å². The topological polar surface area (TPSA) is 55.1 Å². The summed E-state index contributed by atoms with van der Waals surface area (Å²) in [7, 11) is 1.40. The van der Waals surface area contributed by atoms with Crippen molar-refractivity contribution >= 4 is 17.6 Å². The lowest BCUT2D eigenvalue weighted by atomic mass is 10.1. The van der Waals surface area contributed by atoms with Gasteiger partial charge in [0.2, 0.25) is 0 Å². The molecule has 1 N–H and O–H groups in total.